The van der Waals surface area contributed by atoms with Gasteiger partial charge in [-0.1, -0.05) is 24.3 Å². The molecule has 0 saturated carbocycles. The maximum absolute atomic E-state index is 13.7. The van der Waals surface area contributed by atoms with Gasteiger partial charge in [-0.2, -0.15) is 5.26 Å². The van der Waals surface area contributed by atoms with Crippen molar-refractivity contribution in [1.82, 2.24) is 14.5 Å². The molecule has 1 fully saturated rings. The van der Waals surface area contributed by atoms with E-state index >= 15 is 0 Å². The predicted molar refractivity (Wildman–Crippen MR) is 144 cm³/mol. The van der Waals surface area contributed by atoms with Gasteiger partial charge in [0.1, 0.15) is 39.4 Å². The highest BCUT2D eigenvalue weighted by molar-refractivity contribution is 9.10. The number of carboxylic acid groups (broad SMARTS) is 1. The van der Waals surface area contributed by atoms with E-state index in [1.807, 2.05) is 11.0 Å². The Balaban J connectivity index is 1.62. The third-order valence-corrected chi connectivity index (χ3v) is 7.46. The third kappa shape index (κ3) is 4.89. The summed E-state index contributed by atoms with van der Waals surface area (Å²) in [4.78, 5) is 33.7. The fourth-order valence-corrected chi connectivity index (χ4v) is 5.48. The van der Waals surface area contributed by atoms with Gasteiger partial charge in [0.05, 0.1) is 17.2 Å². The summed E-state index contributed by atoms with van der Waals surface area (Å²) < 4.78 is 29.3. The van der Waals surface area contributed by atoms with Crippen LogP contribution in [0.25, 0.3) is 11.0 Å². The number of carboxylic acids is 1. The largest absolute Gasteiger partial charge is 0.480 e. The number of nitrogens with zero attached hydrogens (tertiary/aromatic N) is 5. The van der Waals surface area contributed by atoms with Gasteiger partial charge in [0.25, 0.3) is 5.56 Å². The lowest BCUT2D eigenvalue weighted by atomic mass is 9.95. The molecule has 0 bridgehead atoms. The van der Waals surface area contributed by atoms with E-state index in [1.54, 1.807) is 41.3 Å². The van der Waals surface area contributed by atoms with Crippen LogP contribution in [-0.4, -0.2) is 51.2 Å². The van der Waals surface area contributed by atoms with Crippen molar-refractivity contribution in [1.29, 1.82) is 5.26 Å². The van der Waals surface area contributed by atoms with Crippen LogP contribution in [0.4, 0.5) is 14.5 Å². The SMILES string of the molecule is Cn1c(=O)c(C#N)c(N2CCN(C(c3ccc(F)cc3)c3ccc(F)cc3)CC2C(=O)O)c2nc(Br)ccc21. The van der Waals surface area contributed by atoms with Gasteiger partial charge in [0, 0.05) is 26.7 Å². The second-order valence-corrected chi connectivity index (χ2v) is 10.1. The van der Waals surface area contributed by atoms with Crippen LogP contribution in [0.3, 0.4) is 0 Å². The Kier molecular flexibility index (Phi) is 7.16. The zero-order chi connectivity index (χ0) is 27.8. The standard InChI is InChI=1S/C28H22BrF2N5O3/c1-34-21-10-11-23(29)33-24(21)26(20(14-32)27(34)37)36-13-12-35(15-22(36)28(38)39)25(16-2-6-18(30)7-3-16)17-4-8-19(31)9-5-17/h2-11,22,25H,12-13,15H2,1H3,(H,38,39). The van der Waals surface area contributed by atoms with Crippen molar-refractivity contribution < 1.29 is 18.7 Å². The average molecular weight is 594 g/mol. The Hall–Kier alpha value is -4.14. The number of nitriles is 1. The molecular formula is C28H22BrF2N5O3. The van der Waals surface area contributed by atoms with Crippen LogP contribution in [0.5, 0.6) is 0 Å². The van der Waals surface area contributed by atoms with Gasteiger partial charge in [0.15, 0.2) is 0 Å². The number of aliphatic carboxylic acids is 1. The normalized spacial score (nSPS) is 16.0. The minimum absolute atomic E-state index is 0.00429. The summed E-state index contributed by atoms with van der Waals surface area (Å²) >= 11 is 3.34. The minimum Gasteiger partial charge on any atom is -0.480 e. The molecule has 1 atom stereocenters. The monoisotopic (exact) mass is 593 g/mol. The summed E-state index contributed by atoms with van der Waals surface area (Å²) in [6.45, 7) is 0.490. The van der Waals surface area contributed by atoms with Crippen molar-refractivity contribution in [3.8, 4) is 6.07 Å². The molecule has 0 amide bonds. The van der Waals surface area contributed by atoms with Crippen molar-refractivity contribution in [3.63, 3.8) is 0 Å². The smallest absolute Gasteiger partial charge is 0.327 e. The fraction of sp³-hybridized carbons (Fsp3) is 0.214. The maximum atomic E-state index is 13.7. The van der Waals surface area contributed by atoms with Crippen molar-refractivity contribution in [2.75, 3.05) is 24.5 Å². The summed E-state index contributed by atoms with van der Waals surface area (Å²) in [6, 6.07) is 15.5. The number of benzene rings is 2. The minimum atomic E-state index is -1.15. The van der Waals surface area contributed by atoms with Gasteiger partial charge >= 0.3 is 5.97 Å². The molecule has 39 heavy (non-hydrogen) atoms. The van der Waals surface area contributed by atoms with E-state index in [1.165, 1.54) is 35.9 Å². The number of halogens is 3. The van der Waals surface area contributed by atoms with Crippen LogP contribution in [0.2, 0.25) is 0 Å². The molecule has 1 aliphatic rings. The Morgan fingerprint density at radius 2 is 1.64 bits per heavy atom. The van der Waals surface area contributed by atoms with E-state index in [9.17, 15) is 28.7 Å². The Morgan fingerprint density at radius 3 is 2.18 bits per heavy atom. The summed E-state index contributed by atoms with van der Waals surface area (Å²) in [7, 11) is 1.54. The Labute approximate surface area is 230 Å². The van der Waals surface area contributed by atoms with Crippen LogP contribution in [0.1, 0.15) is 22.7 Å². The molecular weight excluding hydrogens is 572 g/mol. The third-order valence-electron chi connectivity index (χ3n) is 7.01. The molecule has 0 aliphatic carbocycles. The van der Waals surface area contributed by atoms with E-state index in [2.05, 4.69) is 20.9 Å². The Morgan fingerprint density at radius 1 is 1.05 bits per heavy atom. The number of anilines is 1. The molecule has 1 saturated heterocycles. The van der Waals surface area contributed by atoms with E-state index in [4.69, 9.17) is 0 Å². The van der Waals surface area contributed by atoms with Crippen LogP contribution >= 0.6 is 15.9 Å². The van der Waals surface area contributed by atoms with Gasteiger partial charge in [-0.25, -0.2) is 18.6 Å². The molecule has 198 valence electrons. The number of fused-ring (bicyclic) bond motifs is 1. The number of rotatable bonds is 5. The molecule has 11 heteroatoms. The first-order valence-electron chi connectivity index (χ1n) is 12.0. The molecule has 3 heterocycles. The molecule has 4 aromatic rings. The average Bonchev–Trinajstić information content (AvgIpc) is 2.92. The van der Waals surface area contributed by atoms with Crippen LogP contribution < -0.4 is 10.5 Å². The first-order valence-corrected chi connectivity index (χ1v) is 12.8. The van der Waals surface area contributed by atoms with Crippen molar-refractivity contribution in [2.45, 2.75) is 12.1 Å². The quantitative estimate of drug-likeness (QED) is 0.346. The maximum Gasteiger partial charge on any atom is 0.327 e. The van der Waals surface area contributed by atoms with Gasteiger partial charge < -0.3 is 14.6 Å². The first kappa shape index (κ1) is 26.5. The molecule has 0 radical (unpaired) electrons. The Bertz CT molecular complexity index is 1620. The zero-order valence-electron chi connectivity index (χ0n) is 20.7. The number of piperazine rings is 1. The molecule has 1 N–H and O–H groups in total. The highest BCUT2D eigenvalue weighted by Gasteiger charge is 2.39. The molecule has 0 spiro atoms. The fourth-order valence-electron chi connectivity index (χ4n) is 5.17. The number of aromatic nitrogens is 2. The molecule has 1 aliphatic heterocycles. The second-order valence-electron chi connectivity index (χ2n) is 9.25. The van der Waals surface area contributed by atoms with Gasteiger partial charge in [-0.15, -0.1) is 0 Å². The highest BCUT2D eigenvalue weighted by Crippen LogP contribution is 2.35. The van der Waals surface area contributed by atoms with E-state index in [0.29, 0.717) is 33.3 Å². The van der Waals surface area contributed by atoms with Gasteiger partial charge in [0.2, 0.25) is 0 Å². The van der Waals surface area contributed by atoms with E-state index in [-0.39, 0.29) is 24.3 Å². The topological polar surface area (TPSA) is 102 Å². The van der Waals surface area contributed by atoms with Gasteiger partial charge in [-0.05, 0) is 63.5 Å². The predicted octanol–water partition coefficient (Wildman–Crippen LogP) is 4.21. The van der Waals surface area contributed by atoms with Gasteiger partial charge in [-0.3, -0.25) is 9.69 Å². The summed E-state index contributed by atoms with van der Waals surface area (Å²) in [5.74, 6) is -1.97. The number of hydrogen-bond acceptors (Lipinski definition) is 6. The summed E-state index contributed by atoms with van der Waals surface area (Å²) in [5.41, 5.74) is 1.64. The molecule has 8 nitrogen and oxygen atoms in total. The molecule has 2 aromatic carbocycles. The van der Waals surface area contributed by atoms with Crippen molar-refractivity contribution in [2.24, 2.45) is 7.05 Å². The summed E-state index contributed by atoms with van der Waals surface area (Å²) in [5, 5.41) is 20.3. The number of hydrogen-bond donors (Lipinski definition) is 1. The molecule has 2 aromatic heterocycles. The lowest BCUT2D eigenvalue weighted by Gasteiger charge is -2.44. The zero-order valence-corrected chi connectivity index (χ0v) is 22.3. The lowest BCUT2D eigenvalue weighted by Crippen LogP contribution is -2.58. The molecule has 5 rings (SSSR count). The van der Waals surface area contributed by atoms with E-state index < -0.39 is 35.2 Å². The van der Waals surface area contributed by atoms with Crippen LogP contribution in [0, 0.1) is 23.0 Å². The second kappa shape index (κ2) is 10.6. The number of carbonyl (C=O) groups is 1. The highest BCUT2D eigenvalue weighted by atomic mass is 79.9. The summed E-state index contributed by atoms with van der Waals surface area (Å²) in [6.07, 6.45) is 0. The lowest BCUT2D eigenvalue weighted by molar-refractivity contribution is -0.139. The van der Waals surface area contributed by atoms with Crippen LogP contribution in [-0.2, 0) is 11.8 Å². The number of pyridine rings is 2. The van der Waals surface area contributed by atoms with Crippen molar-refractivity contribution in [3.05, 3.63) is 104 Å². The van der Waals surface area contributed by atoms with E-state index in [0.717, 1.165) is 0 Å². The van der Waals surface area contributed by atoms with Crippen LogP contribution in [0.15, 0.2) is 70.1 Å². The number of aryl methyl sites for hydroxylation is 1. The molecule has 1 unspecified atom stereocenters. The first-order chi connectivity index (χ1) is 18.7. The van der Waals surface area contributed by atoms with Crippen molar-refractivity contribution >= 4 is 38.6 Å².